The van der Waals surface area contributed by atoms with Crippen LogP contribution in [0.15, 0.2) is 65.0 Å². The molecule has 4 aromatic rings. The summed E-state index contributed by atoms with van der Waals surface area (Å²) < 4.78 is 0. The van der Waals surface area contributed by atoms with Gasteiger partial charge in [-0.2, -0.15) is 10.1 Å². The molecule has 8 nitrogen and oxygen atoms in total. The zero-order valence-electron chi connectivity index (χ0n) is 15.6. The van der Waals surface area contributed by atoms with Crippen molar-refractivity contribution in [2.45, 2.75) is 12.1 Å². The Bertz CT molecular complexity index is 1150. The first-order chi connectivity index (χ1) is 14.2. The number of hydrazone groups is 1. The van der Waals surface area contributed by atoms with Crippen LogP contribution >= 0.6 is 11.8 Å². The van der Waals surface area contributed by atoms with Crippen molar-refractivity contribution in [1.82, 2.24) is 20.2 Å². The van der Waals surface area contributed by atoms with E-state index in [9.17, 15) is 4.79 Å². The molecule has 0 aliphatic carbocycles. The molecule has 0 spiro atoms. The summed E-state index contributed by atoms with van der Waals surface area (Å²) in [5.74, 6) is 0.502. The molecule has 29 heavy (non-hydrogen) atoms. The average molecular weight is 405 g/mol. The number of aryl methyl sites for hydroxylation is 1. The largest absolute Gasteiger partial charge is 0.361 e. The van der Waals surface area contributed by atoms with E-state index in [1.54, 1.807) is 6.21 Å². The number of nitrogens with zero attached hydrogens (tertiary/aromatic N) is 3. The maximum absolute atomic E-state index is 12.0. The average Bonchev–Trinajstić information content (AvgIpc) is 3.36. The number of carbonyl (C=O) groups is 1. The van der Waals surface area contributed by atoms with Crippen molar-refractivity contribution >= 4 is 46.4 Å². The minimum absolute atomic E-state index is 0.115. The molecule has 0 atom stereocenters. The van der Waals surface area contributed by atoms with Gasteiger partial charge < -0.3 is 10.3 Å². The number of fused-ring (bicyclic) bond motifs is 1. The summed E-state index contributed by atoms with van der Waals surface area (Å²) in [4.78, 5) is 19.5. The number of carbonyl (C=O) groups excluding carboxylic acids is 1. The van der Waals surface area contributed by atoms with Crippen LogP contribution in [-0.2, 0) is 4.79 Å². The third-order valence-corrected chi connectivity index (χ3v) is 4.98. The second kappa shape index (κ2) is 8.61. The van der Waals surface area contributed by atoms with E-state index in [2.05, 4.69) is 36.0 Å². The molecular weight excluding hydrogens is 386 g/mol. The maximum Gasteiger partial charge on any atom is 0.240 e. The highest BCUT2D eigenvalue weighted by Crippen LogP contribution is 2.17. The predicted octanol–water partition coefficient (Wildman–Crippen LogP) is 3.77. The van der Waals surface area contributed by atoms with E-state index in [1.807, 2.05) is 61.7 Å². The summed E-state index contributed by atoms with van der Waals surface area (Å²) in [5, 5.41) is 15.4. The van der Waals surface area contributed by atoms with Crippen LogP contribution in [0.4, 0.5) is 11.6 Å². The van der Waals surface area contributed by atoms with E-state index >= 15 is 0 Å². The highest BCUT2D eigenvalue weighted by Gasteiger charge is 2.08. The Labute approximate surface area is 171 Å². The van der Waals surface area contributed by atoms with Gasteiger partial charge in [-0.3, -0.25) is 4.79 Å². The molecule has 0 fully saturated rings. The molecule has 2 aromatic heterocycles. The number of hydrogen-bond donors (Lipinski definition) is 4. The number of thioether (sulfide) groups is 1. The first kappa shape index (κ1) is 18.8. The minimum Gasteiger partial charge on any atom is -0.361 e. The van der Waals surface area contributed by atoms with Crippen molar-refractivity contribution in [3.05, 3.63) is 65.9 Å². The van der Waals surface area contributed by atoms with E-state index in [0.29, 0.717) is 11.1 Å². The highest BCUT2D eigenvalue weighted by atomic mass is 32.2. The number of hydrogen-bond acceptors (Lipinski definition) is 6. The van der Waals surface area contributed by atoms with E-state index in [-0.39, 0.29) is 11.7 Å². The van der Waals surface area contributed by atoms with Crippen LogP contribution < -0.4 is 10.7 Å². The van der Waals surface area contributed by atoms with E-state index in [1.165, 1.54) is 11.8 Å². The van der Waals surface area contributed by atoms with Crippen LogP contribution in [0.1, 0.15) is 11.1 Å². The zero-order valence-corrected chi connectivity index (χ0v) is 16.5. The quantitative estimate of drug-likeness (QED) is 0.212. The topological polar surface area (TPSA) is 111 Å². The van der Waals surface area contributed by atoms with Gasteiger partial charge in [-0.1, -0.05) is 47.7 Å². The van der Waals surface area contributed by atoms with Gasteiger partial charge in [-0.15, -0.1) is 5.10 Å². The summed E-state index contributed by atoms with van der Waals surface area (Å²) in [6.45, 7) is 2.00. The van der Waals surface area contributed by atoms with Gasteiger partial charge >= 0.3 is 0 Å². The molecule has 0 aliphatic heterocycles. The minimum atomic E-state index is -0.115. The summed E-state index contributed by atoms with van der Waals surface area (Å²) in [6.07, 6.45) is 3.60. The lowest BCUT2D eigenvalue weighted by Gasteiger charge is -2.04. The monoisotopic (exact) mass is 405 g/mol. The molecule has 1 amide bonds. The Hall–Kier alpha value is -3.59. The summed E-state index contributed by atoms with van der Waals surface area (Å²) in [6, 6.07) is 15.6. The number of amides is 1. The molecule has 146 valence electrons. The predicted molar refractivity (Wildman–Crippen MR) is 116 cm³/mol. The van der Waals surface area contributed by atoms with Gasteiger partial charge in [0.25, 0.3) is 0 Å². The number of para-hydroxylation sites is 1. The Morgan fingerprint density at radius 2 is 2.03 bits per heavy atom. The fourth-order valence-electron chi connectivity index (χ4n) is 2.69. The molecule has 0 saturated heterocycles. The van der Waals surface area contributed by atoms with Gasteiger partial charge in [0.2, 0.25) is 17.0 Å². The number of nitrogens with one attached hydrogen (secondary N) is 4. The van der Waals surface area contributed by atoms with Gasteiger partial charge in [0.15, 0.2) is 0 Å². The van der Waals surface area contributed by atoms with Gasteiger partial charge in [0, 0.05) is 28.4 Å². The summed E-state index contributed by atoms with van der Waals surface area (Å²) in [5.41, 5.74) is 6.75. The second-order valence-electron chi connectivity index (χ2n) is 6.33. The molecule has 0 radical (unpaired) electrons. The fraction of sp³-hybridized carbons (Fsp3) is 0.100. The van der Waals surface area contributed by atoms with Crippen LogP contribution in [0.5, 0.6) is 0 Å². The number of aromatic amines is 2. The summed E-state index contributed by atoms with van der Waals surface area (Å²) in [7, 11) is 0. The lowest BCUT2D eigenvalue weighted by molar-refractivity contribution is -0.113. The van der Waals surface area contributed by atoms with Crippen molar-refractivity contribution < 1.29 is 4.79 Å². The number of anilines is 2. The van der Waals surface area contributed by atoms with Gasteiger partial charge in [0.1, 0.15) is 0 Å². The first-order valence-electron chi connectivity index (χ1n) is 8.94. The first-order valence-corrected chi connectivity index (χ1v) is 9.93. The van der Waals surface area contributed by atoms with Crippen LogP contribution in [0, 0.1) is 6.92 Å². The van der Waals surface area contributed by atoms with E-state index in [0.717, 1.165) is 27.7 Å². The van der Waals surface area contributed by atoms with Crippen molar-refractivity contribution in [2.75, 3.05) is 16.5 Å². The van der Waals surface area contributed by atoms with Crippen molar-refractivity contribution in [3.8, 4) is 0 Å². The van der Waals surface area contributed by atoms with E-state index < -0.39 is 0 Å². The SMILES string of the molecule is Cc1ccc(NC(=O)CSc2n[nH]c(N/N=C/c3c[nH]c4ccccc34)n2)cc1. The molecule has 4 N–H and O–H groups in total. The van der Waals surface area contributed by atoms with E-state index in [4.69, 9.17) is 0 Å². The normalized spacial score (nSPS) is 11.2. The highest BCUT2D eigenvalue weighted by molar-refractivity contribution is 7.99. The molecular formula is C20H19N7OS. The standard InChI is InChI=1S/C20H19N7OS/c1-13-6-8-15(9-7-13)23-18(28)12-29-20-24-19(26-27-20)25-22-11-14-10-21-17-5-3-2-4-16(14)17/h2-11,21H,12H2,1H3,(H,23,28)(H2,24,25,26,27)/b22-11+. The van der Waals surface area contributed by atoms with Gasteiger partial charge in [0.05, 0.1) is 12.0 Å². The van der Waals surface area contributed by atoms with Crippen molar-refractivity contribution in [3.63, 3.8) is 0 Å². The Morgan fingerprint density at radius 3 is 2.90 bits per heavy atom. The molecule has 0 saturated carbocycles. The van der Waals surface area contributed by atoms with Crippen molar-refractivity contribution in [2.24, 2.45) is 5.10 Å². The molecule has 0 bridgehead atoms. The lowest BCUT2D eigenvalue weighted by atomic mass is 10.2. The third-order valence-electron chi connectivity index (χ3n) is 4.13. The zero-order chi connectivity index (χ0) is 20.1. The third kappa shape index (κ3) is 4.82. The van der Waals surface area contributed by atoms with Crippen LogP contribution in [-0.4, -0.2) is 38.0 Å². The smallest absolute Gasteiger partial charge is 0.240 e. The summed E-state index contributed by atoms with van der Waals surface area (Å²) >= 11 is 1.24. The molecule has 2 heterocycles. The van der Waals surface area contributed by atoms with Crippen LogP contribution in [0.25, 0.3) is 10.9 Å². The Balaban J connectivity index is 1.28. The molecule has 9 heteroatoms. The molecule has 0 unspecified atom stereocenters. The van der Waals surface area contributed by atoms with Gasteiger partial charge in [-0.05, 0) is 25.1 Å². The van der Waals surface area contributed by atoms with Gasteiger partial charge in [-0.25, -0.2) is 10.5 Å². The number of aromatic nitrogens is 4. The van der Waals surface area contributed by atoms with Crippen LogP contribution in [0.2, 0.25) is 0 Å². The molecule has 4 rings (SSSR count). The Kier molecular flexibility index (Phi) is 5.57. The number of H-pyrrole nitrogens is 2. The second-order valence-corrected chi connectivity index (χ2v) is 7.27. The maximum atomic E-state index is 12.0. The lowest BCUT2D eigenvalue weighted by Crippen LogP contribution is -2.14. The van der Waals surface area contributed by atoms with Crippen molar-refractivity contribution in [1.29, 1.82) is 0 Å². The molecule has 2 aromatic carbocycles. The number of rotatable bonds is 7. The number of benzene rings is 2. The Morgan fingerprint density at radius 1 is 1.21 bits per heavy atom. The molecule has 0 aliphatic rings. The fourth-order valence-corrected chi connectivity index (χ4v) is 3.29. The van der Waals surface area contributed by atoms with Crippen LogP contribution in [0.3, 0.4) is 0 Å².